The Bertz CT molecular complexity index is 144. The highest BCUT2D eigenvalue weighted by Crippen LogP contribution is 2.10. The van der Waals surface area contributed by atoms with Crippen LogP contribution in [0.5, 0.6) is 0 Å². The summed E-state index contributed by atoms with van der Waals surface area (Å²) < 4.78 is 5.37. The van der Waals surface area contributed by atoms with Crippen LogP contribution in [0.2, 0.25) is 0 Å². The third-order valence-corrected chi connectivity index (χ3v) is 2.63. The second kappa shape index (κ2) is 5.54. The molecule has 0 aromatic carbocycles. The van der Waals surface area contributed by atoms with E-state index in [0.29, 0.717) is 6.04 Å². The summed E-state index contributed by atoms with van der Waals surface area (Å²) in [6.45, 7) is 2.71. The van der Waals surface area contributed by atoms with E-state index in [1.807, 2.05) is 0 Å². The number of aliphatic hydroxyl groups excluding tert-OH is 1. The number of likely N-dealkylation sites (N-methyl/N-ethyl adjacent to an activating group) is 1. The fraction of sp³-hybridized carbons (Fsp3) is 1.00. The van der Waals surface area contributed by atoms with Crippen LogP contribution in [-0.2, 0) is 4.74 Å². The summed E-state index contributed by atoms with van der Waals surface area (Å²) in [4.78, 5) is 2.30. The zero-order valence-corrected chi connectivity index (χ0v) is 8.28. The van der Waals surface area contributed by atoms with E-state index >= 15 is 0 Å². The van der Waals surface area contributed by atoms with Gasteiger partial charge in [-0.15, -0.1) is 0 Å². The molecule has 2 unspecified atom stereocenters. The summed E-state index contributed by atoms with van der Waals surface area (Å²) in [5.41, 5.74) is 5.63. The summed E-state index contributed by atoms with van der Waals surface area (Å²) in [5.74, 6) is 0. The molecule has 3 N–H and O–H groups in total. The van der Waals surface area contributed by atoms with Gasteiger partial charge in [0.25, 0.3) is 0 Å². The van der Waals surface area contributed by atoms with Crippen molar-refractivity contribution in [2.75, 3.05) is 33.4 Å². The Morgan fingerprint density at radius 3 is 3.08 bits per heavy atom. The van der Waals surface area contributed by atoms with E-state index in [2.05, 4.69) is 11.9 Å². The quantitative estimate of drug-likeness (QED) is 0.619. The maximum atomic E-state index is 8.76. The molecule has 2 atom stereocenters. The third-order valence-electron chi connectivity index (χ3n) is 2.63. The highest BCUT2D eigenvalue weighted by atomic mass is 16.5. The number of morpholine rings is 1. The minimum absolute atomic E-state index is 0.0738. The molecule has 0 bridgehead atoms. The van der Waals surface area contributed by atoms with Gasteiger partial charge in [-0.3, -0.25) is 4.90 Å². The normalized spacial score (nSPS) is 27.5. The Morgan fingerprint density at radius 1 is 1.69 bits per heavy atom. The molecule has 13 heavy (non-hydrogen) atoms. The fourth-order valence-electron chi connectivity index (χ4n) is 1.54. The average molecular weight is 188 g/mol. The van der Waals surface area contributed by atoms with Crippen molar-refractivity contribution >= 4 is 0 Å². The van der Waals surface area contributed by atoms with E-state index in [4.69, 9.17) is 15.6 Å². The average Bonchev–Trinajstić information content (AvgIpc) is 2.16. The van der Waals surface area contributed by atoms with Gasteiger partial charge in [-0.2, -0.15) is 0 Å². The second-order valence-corrected chi connectivity index (χ2v) is 3.73. The van der Waals surface area contributed by atoms with Crippen molar-refractivity contribution in [3.05, 3.63) is 0 Å². The lowest BCUT2D eigenvalue weighted by atomic mass is 10.1. The molecular formula is C9H20N2O2. The van der Waals surface area contributed by atoms with Crippen molar-refractivity contribution in [1.82, 2.24) is 4.90 Å². The molecular weight excluding hydrogens is 168 g/mol. The minimum Gasteiger partial charge on any atom is -0.395 e. The molecule has 0 spiro atoms. The van der Waals surface area contributed by atoms with Crippen molar-refractivity contribution in [2.24, 2.45) is 5.73 Å². The highest BCUT2D eigenvalue weighted by molar-refractivity contribution is 4.74. The summed E-state index contributed by atoms with van der Waals surface area (Å²) in [5, 5.41) is 8.76. The second-order valence-electron chi connectivity index (χ2n) is 3.73. The summed E-state index contributed by atoms with van der Waals surface area (Å²) in [6.07, 6.45) is 1.88. The fourth-order valence-corrected chi connectivity index (χ4v) is 1.54. The van der Waals surface area contributed by atoms with Crippen LogP contribution >= 0.6 is 0 Å². The van der Waals surface area contributed by atoms with Gasteiger partial charge < -0.3 is 15.6 Å². The predicted octanol–water partition coefficient (Wildman–Crippen LogP) is -0.583. The molecule has 1 heterocycles. The van der Waals surface area contributed by atoms with Gasteiger partial charge in [-0.05, 0) is 19.9 Å². The standard InChI is InChI=1S/C9H20N2O2/c1-11-4-5-13-7-9(11)3-2-8(10)6-12/h8-9,12H,2-7,10H2,1H3. The number of hydrogen-bond acceptors (Lipinski definition) is 4. The molecule has 1 aliphatic heterocycles. The number of rotatable bonds is 4. The van der Waals surface area contributed by atoms with Gasteiger partial charge >= 0.3 is 0 Å². The van der Waals surface area contributed by atoms with Crippen molar-refractivity contribution in [1.29, 1.82) is 0 Å². The Labute approximate surface area is 79.7 Å². The van der Waals surface area contributed by atoms with E-state index in [1.54, 1.807) is 0 Å². The summed E-state index contributed by atoms with van der Waals surface area (Å²) >= 11 is 0. The summed E-state index contributed by atoms with van der Waals surface area (Å²) in [6, 6.07) is 0.404. The highest BCUT2D eigenvalue weighted by Gasteiger charge is 2.19. The molecule has 1 aliphatic rings. The first-order valence-electron chi connectivity index (χ1n) is 4.88. The SMILES string of the molecule is CN1CCOCC1CCC(N)CO. The number of hydrogen-bond donors (Lipinski definition) is 2. The van der Waals surface area contributed by atoms with E-state index in [9.17, 15) is 0 Å². The van der Waals surface area contributed by atoms with Crippen LogP contribution in [0.25, 0.3) is 0 Å². The van der Waals surface area contributed by atoms with Crippen LogP contribution in [0.3, 0.4) is 0 Å². The molecule has 4 nitrogen and oxygen atoms in total. The van der Waals surface area contributed by atoms with Crippen molar-refractivity contribution in [3.8, 4) is 0 Å². The number of aliphatic hydroxyl groups is 1. The number of ether oxygens (including phenoxy) is 1. The van der Waals surface area contributed by atoms with Gasteiger partial charge in [-0.1, -0.05) is 0 Å². The van der Waals surface area contributed by atoms with Crippen LogP contribution in [0.1, 0.15) is 12.8 Å². The van der Waals surface area contributed by atoms with Crippen molar-refractivity contribution in [2.45, 2.75) is 24.9 Å². The number of nitrogens with zero attached hydrogens (tertiary/aromatic N) is 1. The Morgan fingerprint density at radius 2 is 2.46 bits per heavy atom. The van der Waals surface area contributed by atoms with Crippen LogP contribution < -0.4 is 5.73 Å². The van der Waals surface area contributed by atoms with Crippen molar-refractivity contribution < 1.29 is 9.84 Å². The Hall–Kier alpha value is -0.160. The Kier molecular flexibility index (Phi) is 4.66. The maximum Gasteiger partial charge on any atom is 0.0622 e. The zero-order valence-electron chi connectivity index (χ0n) is 8.28. The molecule has 0 aliphatic carbocycles. The maximum absolute atomic E-state index is 8.76. The lowest BCUT2D eigenvalue weighted by Gasteiger charge is -2.32. The van der Waals surface area contributed by atoms with E-state index < -0.39 is 0 Å². The third kappa shape index (κ3) is 3.60. The van der Waals surface area contributed by atoms with E-state index in [0.717, 1.165) is 32.6 Å². The molecule has 78 valence electrons. The van der Waals surface area contributed by atoms with E-state index in [-0.39, 0.29) is 12.6 Å². The first-order valence-corrected chi connectivity index (χ1v) is 4.88. The van der Waals surface area contributed by atoms with Gasteiger partial charge in [-0.25, -0.2) is 0 Å². The molecule has 1 saturated heterocycles. The molecule has 1 fully saturated rings. The molecule has 0 radical (unpaired) electrons. The topological polar surface area (TPSA) is 58.7 Å². The Balaban J connectivity index is 2.18. The van der Waals surface area contributed by atoms with Crippen LogP contribution in [0.4, 0.5) is 0 Å². The van der Waals surface area contributed by atoms with Gasteiger partial charge in [0.15, 0.2) is 0 Å². The number of nitrogens with two attached hydrogens (primary N) is 1. The van der Waals surface area contributed by atoms with Gasteiger partial charge in [0, 0.05) is 18.6 Å². The molecule has 0 aromatic rings. The van der Waals surface area contributed by atoms with Crippen LogP contribution in [-0.4, -0.2) is 55.5 Å². The van der Waals surface area contributed by atoms with Crippen LogP contribution in [0, 0.1) is 0 Å². The zero-order chi connectivity index (χ0) is 9.68. The molecule has 4 heteroatoms. The van der Waals surface area contributed by atoms with Gasteiger partial charge in [0.1, 0.15) is 0 Å². The minimum atomic E-state index is -0.0738. The first-order chi connectivity index (χ1) is 6.24. The molecule has 0 aromatic heterocycles. The first kappa shape index (κ1) is 10.9. The monoisotopic (exact) mass is 188 g/mol. The smallest absolute Gasteiger partial charge is 0.0622 e. The predicted molar refractivity (Wildman–Crippen MR) is 51.5 cm³/mol. The van der Waals surface area contributed by atoms with Crippen LogP contribution in [0.15, 0.2) is 0 Å². The lowest BCUT2D eigenvalue weighted by molar-refractivity contribution is 0.00126. The van der Waals surface area contributed by atoms with Crippen molar-refractivity contribution in [3.63, 3.8) is 0 Å². The molecule has 0 amide bonds. The lowest BCUT2D eigenvalue weighted by Crippen LogP contribution is -2.43. The summed E-state index contributed by atoms with van der Waals surface area (Å²) in [7, 11) is 2.11. The molecule has 1 rings (SSSR count). The van der Waals surface area contributed by atoms with E-state index in [1.165, 1.54) is 0 Å². The van der Waals surface area contributed by atoms with Gasteiger partial charge in [0.05, 0.1) is 19.8 Å². The molecule has 0 saturated carbocycles. The van der Waals surface area contributed by atoms with Gasteiger partial charge in [0.2, 0.25) is 0 Å². The largest absolute Gasteiger partial charge is 0.395 e.